The summed E-state index contributed by atoms with van der Waals surface area (Å²) in [5.41, 5.74) is 2.60. The summed E-state index contributed by atoms with van der Waals surface area (Å²) in [4.78, 5) is 17.7. The van der Waals surface area contributed by atoms with Gasteiger partial charge in [0, 0.05) is 38.8 Å². The SMILES string of the molecule is CN1CCN(CC(NC(=O)NC2CCC(c3ccccc3)CC2)c2ccccc2)CC1. The Morgan fingerprint density at radius 3 is 2.16 bits per heavy atom. The van der Waals surface area contributed by atoms with Crippen molar-refractivity contribution >= 4 is 6.03 Å². The number of nitrogens with one attached hydrogen (secondary N) is 2. The molecule has 2 aliphatic rings. The van der Waals surface area contributed by atoms with Gasteiger partial charge in [-0.1, -0.05) is 60.7 Å². The number of hydrogen-bond acceptors (Lipinski definition) is 3. The fourth-order valence-electron chi connectivity index (χ4n) is 4.89. The van der Waals surface area contributed by atoms with Crippen LogP contribution in [0.1, 0.15) is 48.8 Å². The van der Waals surface area contributed by atoms with Crippen LogP contribution >= 0.6 is 0 Å². The van der Waals surface area contributed by atoms with Gasteiger partial charge in [0.1, 0.15) is 0 Å². The van der Waals surface area contributed by atoms with Crippen molar-refractivity contribution in [2.75, 3.05) is 39.8 Å². The van der Waals surface area contributed by atoms with Crippen molar-refractivity contribution < 1.29 is 4.79 Å². The summed E-state index contributed by atoms with van der Waals surface area (Å²) in [6.07, 6.45) is 4.36. The molecular weight excluding hydrogens is 384 g/mol. The normalized spacial score (nSPS) is 23.8. The molecule has 0 spiro atoms. The van der Waals surface area contributed by atoms with E-state index in [0.29, 0.717) is 5.92 Å². The van der Waals surface area contributed by atoms with Gasteiger partial charge in [-0.3, -0.25) is 4.90 Å². The molecule has 1 saturated heterocycles. The van der Waals surface area contributed by atoms with Crippen molar-refractivity contribution in [1.82, 2.24) is 20.4 Å². The molecule has 31 heavy (non-hydrogen) atoms. The highest BCUT2D eigenvalue weighted by molar-refractivity contribution is 5.74. The van der Waals surface area contributed by atoms with Crippen LogP contribution in [-0.2, 0) is 0 Å². The Hall–Kier alpha value is -2.37. The van der Waals surface area contributed by atoms with Gasteiger partial charge in [-0.2, -0.15) is 0 Å². The maximum Gasteiger partial charge on any atom is 0.315 e. The number of amides is 2. The topological polar surface area (TPSA) is 47.6 Å². The van der Waals surface area contributed by atoms with Crippen molar-refractivity contribution in [3.05, 3.63) is 71.8 Å². The van der Waals surface area contributed by atoms with Crippen LogP contribution in [0.25, 0.3) is 0 Å². The number of hydrogen-bond donors (Lipinski definition) is 2. The van der Waals surface area contributed by atoms with Crippen LogP contribution in [0.4, 0.5) is 4.79 Å². The van der Waals surface area contributed by atoms with E-state index in [1.165, 1.54) is 11.1 Å². The zero-order valence-electron chi connectivity index (χ0n) is 18.7. The Bertz CT molecular complexity index is 797. The molecule has 1 atom stereocenters. The van der Waals surface area contributed by atoms with E-state index >= 15 is 0 Å². The Balaban J connectivity index is 1.30. The van der Waals surface area contributed by atoms with Gasteiger partial charge in [0.2, 0.25) is 0 Å². The number of urea groups is 1. The lowest BCUT2D eigenvalue weighted by molar-refractivity contribution is 0.142. The predicted octanol–water partition coefficient (Wildman–Crippen LogP) is 4.00. The van der Waals surface area contributed by atoms with E-state index in [-0.39, 0.29) is 18.1 Å². The molecule has 0 aromatic heterocycles. The van der Waals surface area contributed by atoms with E-state index < -0.39 is 0 Å². The maximum atomic E-state index is 12.9. The molecule has 5 nitrogen and oxygen atoms in total. The summed E-state index contributed by atoms with van der Waals surface area (Å²) in [6.45, 7) is 5.11. The van der Waals surface area contributed by atoms with Gasteiger partial charge in [0.25, 0.3) is 0 Å². The summed E-state index contributed by atoms with van der Waals surface area (Å²) in [5, 5.41) is 6.54. The Labute approximate surface area is 186 Å². The highest BCUT2D eigenvalue weighted by Crippen LogP contribution is 2.32. The molecule has 0 radical (unpaired) electrons. The molecule has 1 aliphatic carbocycles. The van der Waals surface area contributed by atoms with Gasteiger partial charge < -0.3 is 15.5 Å². The van der Waals surface area contributed by atoms with Gasteiger partial charge in [0.05, 0.1) is 6.04 Å². The third-order valence-corrected chi connectivity index (χ3v) is 6.88. The molecule has 166 valence electrons. The van der Waals surface area contributed by atoms with Crippen LogP contribution in [0.2, 0.25) is 0 Å². The molecule has 2 amide bonds. The minimum Gasteiger partial charge on any atom is -0.335 e. The Kier molecular flexibility index (Phi) is 7.60. The Morgan fingerprint density at radius 2 is 1.52 bits per heavy atom. The molecule has 2 fully saturated rings. The van der Waals surface area contributed by atoms with E-state index in [1.54, 1.807) is 0 Å². The lowest BCUT2D eigenvalue weighted by atomic mass is 9.82. The number of nitrogens with zero attached hydrogens (tertiary/aromatic N) is 2. The summed E-state index contributed by atoms with van der Waals surface area (Å²) in [5.74, 6) is 0.622. The minimum absolute atomic E-state index is 0.00487. The van der Waals surface area contributed by atoms with Gasteiger partial charge in [-0.05, 0) is 49.8 Å². The highest BCUT2D eigenvalue weighted by atomic mass is 16.2. The van der Waals surface area contributed by atoms with Crippen molar-refractivity contribution in [2.24, 2.45) is 0 Å². The van der Waals surface area contributed by atoms with Crippen LogP contribution in [0, 0.1) is 0 Å². The molecule has 2 aromatic carbocycles. The van der Waals surface area contributed by atoms with Gasteiger partial charge >= 0.3 is 6.03 Å². The number of likely N-dealkylation sites (N-methyl/N-ethyl adjacent to an activating group) is 1. The molecule has 4 rings (SSSR count). The first-order valence-electron chi connectivity index (χ1n) is 11.7. The second-order valence-corrected chi connectivity index (χ2v) is 9.14. The van der Waals surface area contributed by atoms with Crippen molar-refractivity contribution in [2.45, 2.75) is 43.7 Å². The number of carbonyl (C=O) groups excluding carboxylic acids is 1. The van der Waals surface area contributed by atoms with Crippen LogP contribution in [0.3, 0.4) is 0 Å². The number of carbonyl (C=O) groups is 1. The predicted molar refractivity (Wildman–Crippen MR) is 126 cm³/mol. The first kappa shape index (κ1) is 21.8. The monoisotopic (exact) mass is 420 g/mol. The van der Waals surface area contributed by atoms with E-state index in [1.807, 2.05) is 6.07 Å². The fraction of sp³-hybridized carbons (Fsp3) is 0.500. The van der Waals surface area contributed by atoms with E-state index in [4.69, 9.17) is 0 Å². The van der Waals surface area contributed by atoms with Gasteiger partial charge in [-0.15, -0.1) is 0 Å². The third-order valence-electron chi connectivity index (χ3n) is 6.88. The van der Waals surface area contributed by atoms with Gasteiger partial charge in [0.15, 0.2) is 0 Å². The van der Waals surface area contributed by atoms with E-state index in [2.05, 4.69) is 82.1 Å². The van der Waals surface area contributed by atoms with Crippen molar-refractivity contribution in [3.63, 3.8) is 0 Å². The maximum absolute atomic E-state index is 12.9. The van der Waals surface area contributed by atoms with Gasteiger partial charge in [-0.25, -0.2) is 4.79 Å². The molecule has 2 aromatic rings. The van der Waals surface area contributed by atoms with Crippen LogP contribution in [-0.4, -0.2) is 61.6 Å². The van der Waals surface area contributed by atoms with Crippen LogP contribution in [0.5, 0.6) is 0 Å². The summed E-state index contributed by atoms with van der Waals surface area (Å²) >= 11 is 0. The third kappa shape index (κ3) is 6.31. The fourth-order valence-corrected chi connectivity index (χ4v) is 4.89. The van der Waals surface area contributed by atoms with E-state index in [9.17, 15) is 4.79 Å². The molecule has 1 heterocycles. The average molecular weight is 421 g/mol. The number of benzene rings is 2. The summed E-state index contributed by atoms with van der Waals surface area (Å²) in [6, 6.07) is 21.4. The summed E-state index contributed by atoms with van der Waals surface area (Å²) in [7, 11) is 2.17. The molecule has 0 bridgehead atoms. The second-order valence-electron chi connectivity index (χ2n) is 9.14. The quantitative estimate of drug-likeness (QED) is 0.743. The van der Waals surface area contributed by atoms with Crippen molar-refractivity contribution in [1.29, 1.82) is 0 Å². The first-order chi connectivity index (χ1) is 15.2. The first-order valence-corrected chi connectivity index (χ1v) is 11.7. The molecule has 5 heteroatoms. The standard InChI is InChI=1S/C26H36N4O/c1-29-16-18-30(19-17-29)20-25(23-10-6-3-7-11-23)28-26(31)27-24-14-12-22(13-15-24)21-8-4-2-5-9-21/h2-11,22,24-25H,12-20H2,1H3,(H2,27,28,31). The largest absolute Gasteiger partial charge is 0.335 e. The zero-order valence-corrected chi connectivity index (χ0v) is 18.7. The molecule has 1 unspecified atom stereocenters. The van der Waals surface area contributed by atoms with Crippen LogP contribution in [0.15, 0.2) is 60.7 Å². The van der Waals surface area contributed by atoms with Crippen molar-refractivity contribution in [3.8, 4) is 0 Å². The van der Waals surface area contributed by atoms with Crippen LogP contribution < -0.4 is 10.6 Å². The summed E-state index contributed by atoms with van der Waals surface area (Å²) < 4.78 is 0. The zero-order chi connectivity index (χ0) is 21.5. The smallest absolute Gasteiger partial charge is 0.315 e. The molecule has 1 saturated carbocycles. The average Bonchev–Trinajstić information content (AvgIpc) is 2.82. The number of rotatable bonds is 6. The second kappa shape index (κ2) is 10.8. The molecule has 2 N–H and O–H groups in total. The lowest BCUT2D eigenvalue weighted by Crippen LogP contribution is -2.50. The number of piperazine rings is 1. The molecule has 1 aliphatic heterocycles. The minimum atomic E-state index is -0.0360. The van der Waals surface area contributed by atoms with E-state index in [0.717, 1.165) is 58.4 Å². The highest BCUT2D eigenvalue weighted by Gasteiger charge is 2.25. The lowest BCUT2D eigenvalue weighted by Gasteiger charge is -2.35. The molecular formula is C26H36N4O. The Morgan fingerprint density at radius 1 is 0.903 bits per heavy atom.